The summed E-state index contributed by atoms with van der Waals surface area (Å²) in [5.41, 5.74) is 6.16. The monoisotopic (exact) mass is 519 g/mol. The minimum atomic E-state index is -5.08. The lowest BCUT2D eigenvalue weighted by atomic mass is 9.99. The van der Waals surface area contributed by atoms with E-state index in [4.69, 9.17) is 5.73 Å². The number of ketones is 1. The predicted octanol–water partition coefficient (Wildman–Crippen LogP) is 2.68. The van der Waals surface area contributed by atoms with Gasteiger partial charge >= 0.3 is 6.36 Å². The lowest BCUT2D eigenvalue weighted by Crippen LogP contribution is -2.45. The number of hydrogen-bond donors (Lipinski definition) is 1. The molecule has 1 saturated heterocycles. The van der Waals surface area contributed by atoms with Crippen LogP contribution < -0.4 is 10.5 Å². The number of pyridine rings is 1. The Kier molecular flexibility index (Phi) is 5.88. The fourth-order valence-corrected chi connectivity index (χ4v) is 5.11. The van der Waals surface area contributed by atoms with Crippen LogP contribution in [0.4, 0.5) is 17.6 Å². The third-order valence-corrected chi connectivity index (χ3v) is 6.76. The third kappa shape index (κ3) is 4.60. The van der Waals surface area contributed by atoms with Gasteiger partial charge < -0.3 is 15.4 Å². The molecule has 1 aromatic carbocycles. The van der Waals surface area contributed by atoms with E-state index in [1.165, 1.54) is 21.8 Å². The van der Waals surface area contributed by atoms with E-state index in [2.05, 4.69) is 14.8 Å². The minimum absolute atomic E-state index is 0.0110. The second-order valence-corrected chi connectivity index (χ2v) is 9.20. The van der Waals surface area contributed by atoms with Gasteiger partial charge in [0.25, 0.3) is 5.91 Å². The van der Waals surface area contributed by atoms with Gasteiger partial charge in [-0.1, -0.05) is 12.1 Å². The van der Waals surface area contributed by atoms with Crippen LogP contribution in [0, 0.1) is 18.7 Å². The summed E-state index contributed by atoms with van der Waals surface area (Å²) in [7, 11) is 0. The number of aryl methyl sites for hydroxylation is 1. The Morgan fingerprint density at radius 1 is 1.19 bits per heavy atom. The van der Waals surface area contributed by atoms with Crippen molar-refractivity contribution in [3.63, 3.8) is 0 Å². The van der Waals surface area contributed by atoms with Gasteiger partial charge in [0.15, 0.2) is 23.0 Å². The van der Waals surface area contributed by atoms with Crippen LogP contribution in [0.2, 0.25) is 0 Å². The first-order valence-electron chi connectivity index (χ1n) is 11.4. The number of amides is 2. The first-order valence-corrected chi connectivity index (χ1v) is 11.4. The number of likely N-dealkylation sites (tertiary alicyclic amines) is 1. The molecular weight excluding hydrogens is 498 g/mol. The summed E-state index contributed by atoms with van der Waals surface area (Å²) in [5.74, 6) is -3.89. The van der Waals surface area contributed by atoms with E-state index in [0.29, 0.717) is 29.4 Å². The Labute approximate surface area is 207 Å². The van der Waals surface area contributed by atoms with Crippen LogP contribution >= 0.6 is 0 Å². The van der Waals surface area contributed by atoms with E-state index in [1.807, 2.05) is 0 Å². The van der Waals surface area contributed by atoms with Crippen LogP contribution in [0.15, 0.2) is 30.5 Å². The number of hydrogen-bond acceptors (Lipinski definition) is 6. The minimum Gasteiger partial charge on any atom is -0.403 e. The van der Waals surface area contributed by atoms with Crippen molar-refractivity contribution in [2.24, 2.45) is 11.7 Å². The topological polar surface area (TPSA) is 120 Å². The smallest absolute Gasteiger partial charge is 0.403 e. The van der Waals surface area contributed by atoms with E-state index >= 15 is 0 Å². The summed E-state index contributed by atoms with van der Waals surface area (Å²) in [6.45, 7) is 1.41. The average Bonchev–Trinajstić information content (AvgIpc) is 3.30. The van der Waals surface area contributed by atoms with E-state index < -0.39 is 48.0 Å². The molecular formula is C24H21F4N5O4. The maximum atomic E-state index is 14.6. The van der Waals surface area contributed by atoms with E-state index in [1.54, 1.807) is 13.0 Å². The van der Waals surface area contributed by atoms with Gasteiger partial charge in [0, 0.05) is 24.0 Å². The summed E-state index contributed by atoms with van der Waals surface area (Å²) in [6.07, 6.45) is -3.00. The van der Waals surface area contributed by atoms with Crippen LogP contribution in [0.1, 0.15) is 34.6 Å². The van der Waals surface area contributed by atoms with Gasteiger partial charge in [0.1, 0.15) is 6.54 Å². The molecule has 2 N–H and O–H groups in total. The molecule has 2 amide bonds. The van der Waals surface area contributed by atoms with Crippen LogP contribution in [-0.4, -0.2) is 55.7 Å². The van der Waals surface area contributed by atoms with Crippen molar-refractivity contribution < 1.29 is 36.7 Å². The fraction of sp³-hybridized carbons (Fsp3) is 0.375. The highest BCUT2D eigenvalue weighted by atomic mass is 19.4. The molecule has 1 aliphatic heterocycles. The number of nitrogens with zero attached hydrogens (tertiary/aromatic N) is 4. The molecule has 1 aliphatic carbocycles. The lowest BCUT2D eigenvalue weighted by Gasteiger charge is -2.27. The zero-order valence-electron chi connectivity index (χ0n) is 19.5. The Bertz CT molecular complexity index is 1440. The highest BCUT2D eigenvalue weighted by Crippen LogP contribution is 2.48. The van der Waals surface area contributed by atoms with Gasteiger partial charge in [-0.15, -0.1) is 13.2 Å². The lowest BCUT2D eigenvalue weighted by molar-refractivity contribution is -0.275. The molecule has 37 heavy (non-hydrogen) atoms. The number of benzene rings is 1. The zero-order valence-corrected chi connectivity index (χ0v) is 19.5. The number of ether oxygens (including phenoxy) is 1. The molecule has 1 saturated carbocycles. The Balaban J connectivity index is 1.37. The van der Waals surface area contributed by atoms with Crippen molar-refractivity contribution in [1.82, 2.24) is 19.7 Å². The van der Waals surface area contributed by atoms with Gasteiger partial charge in [0.2, 0.25) is 5.91 Å². The fourth-order valence-electron chi connectivity index (χ4n) is 5.11. The molecule has 3 aromatic rings. The van der Waals surface area contributed by atoms with Crippen molar-refractivity contribution in [1.29, 1.82) is 0 Å². The molecule has 13 heteroatoms. The van der Waals surface area contributed by atoms with Crippen molar-refractivity contribution in [3.05, 3.63) is 53.2 Å². The normalized spacial score (nSPS) is 20.7. The number of piperidine rings is 1. The molecule has 2 aromatic heterocycles. The summed E-state index contributed by atoms with van der Waals surface area (Å²) >= 11 is 0. The van der Waals surface area contributed by atoms with Crippen molar-refractivity contribution in [2.45, 2.75) is 51.2 Å². The standard InChI is InChI=1S/C24H21F4N5O4/c1-11-22-14(5-6-30-11)21(23(29)36)31-32(22)10-19(35)33-15-7-13(15)8-16(33)17(34)9-12-3-2-4-18(20(12)25)37-24(26,27)28/h2-6,13,15-16H,7-10H2,1H3,(H2,29,36)/t13-,15-,16+/m1/s1. The van der Waals surface area contributed by atoms with Gasteiger partial charge in [-0.3, -0.25) is 24.0 Å². The maximum absolute atomic E-state index is 14.6. The van der Waals surface area contributed by atoms with Crippen LogP contribution in [0.3, 0.4) is 0 Å². The second kappa shape index (κ2) is 8.82. The van der Waals surface area contributed by atoms with E-state index in [-0.39, 0.29) is 29.8 Å². The summed E-state index contributed by atoms with van der Waals surface area (Å²) in [6, 6.07) is 3.73. The number of nitrogens with two attached hydrogens (primary N) is 1. The van der Waals surface area contributed by atoms with E-state index in [9.17, 15) is 31.9 Å². The highest BCUT2D eigenvalue weighted by Gasteiger charge is 2.55. The second-order valence-electron chi connectivity index (χ2n) is 9.20. The predicted molar refractivity (Wildman–Crippen MR) is 120 cm³/mol. The van der Waals surface area contributed by atoms with E-state index in [0.717, 1.165) is 12.1 Å². The number of carbonyl (C=O) groups is 3. The van der Waals surface area contributed by atoms with Crippen LogP contribution in [0.25, 0.3) is 10.9 Å². The average molecular weight is 519 g/mol. The van der Waals surface area contributed by atoms with Crippen LogP contribution in [0.5, 0.6) is 5.75 Å². The Hall–Kier alpha value is -4.03. The van der Waals surface area contributed by atoms with Gasteiger partial charge in [0.05, 0.1) is 17.3 Å². The SMILES string of the molecule is Cc1nccc2c(C(N)=O)nn(CC(=O)N3[C@@H]4C[C@@H]4C[C@H]3C(=O)Cc3cccc(OC(F)(F)F)c3F)c12. The largest absolute Gasteiger partial charge is 0.573 e. The van der Waals surface area contributed by atoms with Crippen molar-refractivity contribution in [3.8, 4) is 5.75 Å². The molecule has 3 atom stereocenters. The number of alkyl halides is 3. The Morgan fingerprint density at radius 2 is 1.95 bits per heavy atom. The first kappa shape index (κ1) is 24.7. The zero-order chi connectivity index (χ0) is 26.6. The number of Topliss-reactive ketones (excluding diaryl/α,β-unsaturated/α-hetero) is 1. The molecule has 0 bridgehead atoms. The summed E-state index contributed by atoms with van der Waals surface area (Å²) < 4.78 is 57.3. The Morgan fingerprint density at radius 3 is 2.65 bits per heavy atom. The number of primary amides is 1. The molecule has 9 nitrogen and oxygen atoms in total. The molecule has 3 heterocycles. The van der Waals surface area contributed by atoms with Gasteiger partial charge in [-0.25, -0.2) is 4.39 Å². The molecule has 0 unspecified atom stereocenters. The van der Waals surface area contributed by atoms with Gasteiger partial charge in [-0.05, 0) is 43.4 Å². The molecule has 2 aliphatic rings. The van der Waals surface area contributed by atoms with Gasteiger partial charge in [-0.2, -0.15) is 5.10 Å². The highest BCUT2D eigenvalue weighted by molar-refractivity contribution is 6.04. The molecule has 2 fully saturated rings. The molecule has 0 radical (unpaired) electrons. The molecule has 5 rings (SSSR count). The van der Waals surface area contributed by atoms with Crippen molar-refractivity contribution in [2.75, 3.05) is 0 Å². The number of rotatable bonds is 7. The van der Waals surface area contributed by atoms with Crippen LogP contribution in [-0.2, 0) is 22.6 Å². The number of halogens is 4. The number of aromatic nitrogens is 3. The molecule has 0 spiro atoms. The third-order valence-electron chi connectivity index (χ3n) is 6.76. The quantitative estimate of drug-likeness (QED) is 0.480. The maximum Gasteiger partial charge on any atom is 0.573 e. The van der Waals surface area contributed by atoms with Crippen molar-refractivity contribution >= 4 is 28.5 Å². The first-order chi connectivity index (χ1) is 17.4. The number of carbonyl (C=O) groups excluding carboxylic acids is 3. The summed E-state index contributed by atoms with van der Waals surface area (Å²) in [4.78, 5) is 44.0. The molecule has 194 valence electrons. The number of fused-ring (bicyclic) bond motifs is 2. The summed E-state index contributed by atoms with van der Waals surface area (Å²) in [5, 5.41) is 4.65.